The molecule has 1 heterocycles. The third kappa shape index (κ3) is 2.62. The van der Waals surface area contributed by atoms with Crippen molar-refractivity contribution < 1.29 is 4.39 Å². The van der Waals surface area contributed by atoms with Crippen molar-refractivity contribution in [2.45, 2.75) is 23.0 Å². The first-order chi connectivity index (χ1) is 8.08. The number of aromatic nitrogens is 4. The maximum Gasteiger partial charge on any atom is 0.213 e. The summed E-state index contributed by atoms with van der Waals surface area (Å²) >= 11 is 1.18. The van der Waals surface area contributed by atoms with Crippen LogP contribution in [0.1, 0.15) is 18.5 Å². The summed E-state index contributed by atoms with van der Waals surface area (Å²) in [5.41, 5.74) is 6.45. The van der Waals surface area contributed by atoms with Crippen LogP contribution in [0.3, 0.4) is 0 Å². The highest BCUT2D eigenvalue weighted by Gasteiger charge is 2.11. The molecule has 5 nitrogen and oxygen atoms in total. The summed E-state index contributed by atoms with van der Waals surface area (Å²) in [5, 5.41) is 11.5. The standard InChI is InChI=1S/C10H12FN5S/c1-6(12)7-3-4-9(8(11)5-7)17-10-13-14-15-16(10)2/h3-6H,12H2,1-2H3/t6-/m1/s1. The number of tetrazole rings is 1. The summed E-state index contributed by atoms with van der Waals surface area (Å²) in [6.07, 6.45) is 0. The van der Waals surface area contributed by atoms with E-state index in [9.17, 15) is 4.39 Å². The zero-order valence-electron chi connectivity index (χ0n) is 9.46. The maximum absolute atomic E-state index is 13.8. The van der Waals surface area contributed by atoms with Gasteiger partial charge < -0.3 is 5.73 Å². The van der Waals surface area contributed by atoms with Crippen molar-refractivity contribution in [3.05, 3.63) is 29.6 Å². The van der Waals surface area contributed by atoms with E-state index in [0.717, 1.165) is 5.56 Å². The molecule has 0 radical (unpaired) electrons. The average molecular weight is 253 g/mol. The van der Waals surface area contributed by atoms with Crippen LogP contribution in [0, 0.1) is 5.82 Å². The van der Waals surface area contributed by atoms with Gasteiger partial charge >= 0.3 is 0 Å². The highest BCUT2D eigenvalue weighted by atomic mass is 32.2. The number of nitrogens with two attached hydrogens (primary N) is 1. The number of halogens is 1. The molecular weight excluding hydrogens is 241 g/mol. The molecule has 0 unspecified atom stereocenters. The Kier molecular flexibility index (Phi) is 3.39. The Morgan fingerprint density at radius 3 is 2.76 bits per heavy atom. The van der Waals surface area contributed by atoms with Gasteiger partial charge in [-0.25, -0.2) is 9.07 Å². The van der Waals surface area contributed by atoms with Crippen LogP contribution in [0.4, 0.5) is 4.39 Å². The molecular formula is C10H12FN5S. The summed E-state index contributed by atoms with van der Waals surface area (Å²) in [6, 6.07) is 4.75. The summed E-state index contributed by atoms with van der Waals surface area (Å²) in [4.78, 5) is 0.479. The van der Waals surface area contributed by atoms with E-state index in [0.29, 0.717) is 10.1 Å². The molecule has 0 aliphatic heterocycles. The highest BCUT2D eigenvalue weighted by molar-refractivity contribution is 7.99. The van der Waals surface area contributed by atoms with Crippen LogP contribution in [-0.4, -0.2) is 20.2 Å². The van der Waals surface area contributed by atoms with Crippen LogP contribution < -0.4 is 5.73 Å². The second kappa shape index (κ2) is 4.80. The predicted octanol–water partition coefficient (Wildman–Crippen LogP) is 1.52. The van der Waals surface area contributed by atoms with Crippen LogP contribution in [0.25, 0.3) is 0 Å². The van der Waals surface area contributed by atoms with E-state index < -0.39 is 0 Å². The molecule has 1 aromatic heterocycles. The molecule has 0 fully saturated rings. The first kappa shape index (κ1) is 12.0. The summed E-state index contributed by atoms with van der Waals surface area (Å²) in [5.74, 6) is -0.312. The Hall–Kier alpha value is -1.47. The first-order valence-electron chi connectivity index (χ1n) is 5.03. The Morgan fingerprint density at radius 1 is 1.47 bits per heavy atom. The lowest BCUT2D eigenvalue weighted by atomic mass is 10.1. The van der Waals surface area contributed by atoms with Crippen molar-refractivity contribution in [3.63, 3.8) is 0 Å². The molecule has 2 N–H and O–H groups in total. The van der Waals surface area contributed by atoms with Crippen LogP contribution >= 0.6 is 11.8 Å². The Balaban J connectivity index is 2.26. The van der Waals surface area contributed by atoms with E-state index in [4.69, 9.17) is 5.73 Å². The molecule has 17 heavy (non-hydrogen) atoms. The van der Waals surface area contributed by atoms with Gasteiger partial charge in [-0.2, -0.15) is 0 Å². The second-order valence-corrected chi connectivity index (χ2v) is 4.67. The average Bonchev–Trinajstić information content (AvgIpc) is 2.67. The third-order valence-electron chi connectivity index (χ3n) is 2.26. The molecule has 1 aromatic carbocycles. The first-order valence-corrected chi connectivity index (χ1v) is 5.85. The van der Waals surface area contributed by atoms with E-state index in [1.807, 2.05) is 6.92 Å². The van der Waals surface area contributed by atoms with E-state index in [2.05, 4.69) is 15.5 Å². The smallest absolute Gasteiger partial charge is 0.213 e. The molecule has 90 valence electrons. The number of hydrogen-bond donors (Lipinski definition) is 1. The van der Waals surface area contributed by atoms with Gasteiger partial charge in [-0.3, -0.25) is 0 Å². The number of benzene rings is 1. The Labute approximate surface area is 102 Å². The summed E-state index contributed by atoms with van der Waals surface area (Å²) in [6.45, 7) is 1.81. The molecule has 0 saturated carbocycles. The fourth-order valence-electron chi connectivity index (χ4n) is 1.29. The van der Waals surface area contributed by atoms with Crippen molar-refractivity contribution in [1.29, 1.82) is 0 Å². The van der Waals surface area contributed by atoms with E-state index in [1.165, 1.54) is 22.5 Å². The van der Waals surface area contributed by atoms with Crippen molar-refractivity contribution in [2.75, 3.05) is 0 Å². The summed E-state index contributed by atoms with van der Waals surface area (Å²) in [7, 11) is 1.70. The topological polar surface area (TPSA) is 69.6 Å². The molecule has 0 spiro atoms. The molecule has 1 atom stereocenters. The Morgan fingerprint density at radius 2 is 2.24 bits per heavy atom. The summed E-state index contributed by atoms with van der Waals surface area (Å²) < 4.78 is 15.3. The number of hydrogen-bond acceptors (Lipinski definition) is 5. The van der Waals surface area contributed by atoms with Crippen LogP contribution in [0.15, 0.2) is 28.3 Å². The van der Waals surface area contributed by atoms with Gasteiger partial charge in [0.15, 0.2) is 0 Å². The zero-order valence-corrected chi connectivity index (χ0v) is 10.3. The fourth-order valence-corrected chi connectivity index (χ4v) is 2.02. The van der Waals surface area contributed by atoms with Gasteiger partial charge in [-0.1, -0.05) is 6.07 Å². The molecule has 0 aliphatic rings. The van der Waals surface area contributed by atoms with Crippen LogP contribution in [0.2, 0.25) is 0 Å². The minimum atomic E-state index is -0.312. The molecule has 0 saturated heterocycles. The van der Waals surface area contributed by atoms with Crippen molar-refractivity contribution >= 4 is 11.8 Å². The van der Waals surface area contributed by atoms with Gasteiger partial charge in [-0.15, -0.1) is 5.10 Å². The van der Waals surface area contributed by atoms with E-state index >= 15 is 0 Å². The van der Waals surface area contributed by atoms with Gasteiger partial charge in [0.1, 0.15) is 5.82 Å². The van der Waals surface area contributed by atoms with Crippen molar-refractivity contribution in [3.8, 4) is 0 Å². The van der Waals surface area contributed by atoms with Gasteiger partial charge in [0.05, 0.1) is 4.90 Å². The van der Waals surface area contributed by atoms with Crippen molar-refractivity contribution in [2.24, 2.45) is 12.8 Å². The van der Waals surface area contributed by atoms with E-state index in [1.54, 1.807) is 19.2 Å². The van der Waals surface area contributed by atoms with Crippen LogP contribution in [0.5, 0.6) is 0 Å². The quantitative estimate of drug-likeness (QED) is 0.898. The molecule has 2 rings (SSSR count). The molecule has 7 heteroatoms. The number of aryl methyl sites for hydroxylation is 1. The van der Waals surface area contributed by atoms with Gasteiger partial charge in [0, 0.05) is 13.1 Å². The van der Waals surface area contributed by atoms with E-state index in [-0.39, 0.29) is 11.9 Å². The predicted molar refractivity (Wildman–Crippen MR) is 61.9 cm³/mol. The van der Waals surface area contributed by atoms with Gasteiger partial charge in [0.25, 0.3) is 0 Å². The monoisotopic (exact) mass is 253 g/mol. The zero-order chi connectivity index (χ0) is 12.4. The normalized spacial score (nSPS) is 12.7. The fraction of sp³-hybridized carbons (Fsp3) is 0.300. The lowest BCUT2D eigenvalue weighted by Crippen LogP contribution is -2.05. The minimum Gasteiger partial charge on any atom is -0.324 e. The van der Waals surface area contributed by atoms with Gasteiger partial charge in [-0.05, 0) is 46.8 Å². The number of nitrogens with zero attached hydrogens (tertiary/aromatic N) is 4. The number of rotatable bonds is 3. The molecule has 0 aliphatic carbocycles. The SMILES string of the molecule is C[C@@H](N)c1ccc(Sc2nnnn2C)c(F)c1. The molecule has 0 amide bonds. The van der Waals surface area contributed by atoms with Crippen molar-refractivity contribution in [1.82, 2.24) is 20.2 Å². The lowest BCUT2D eigenvalue weighted by molar-refractivity contribution is 0.595. The Bertz CT molecular complexity index is 525. The highest BCUT2D eigenvalue weighted by Crippen LogP contribution is 2.28. The van der Waals surface area contributed by atoms with Gasteiger partial charge in [0.2, 0.25) is 5.16 Å². The molecule has 0 bridgehead atoms. The largest absolute Gasteiger partial charge is 0.324 e. The second-order valence-electron chi connectivity index (χ2n) is 3.67. The maximum atomic E-state index is 13.8. The minimum absolute atomic E-state index is 0.181. The lowest BCUT2D eigenvalue weighted by Gasteiger charge is -2.07. The third-order valence-corrected chi connectivity index (χ3v) is 3.34. The van der Waals surface area contributed by atoms with Crippen LogP contribution in [-0.2, 0) is 7.05 Å². The molecule has 2 aromatic rings.